The van der Waals surface area contributed by atoms with Gasteiger partial charge in [-0.05, 0) is 19.4 Å². The Bertz CT molecular complexity index is 748. The number of ether oxygens (including phenoxy) is 1. The predicted molar refractivity (Wildman–Crippen MR) is 79.8 cm³/mol. The first kappa shape index (κ1) is 15.7. The Hall–Kier alpha value is -2.70. The monoisotopic (exact) mass is 304 g/mol. The fourth-order valence-electron chi connectivity index (χ4n) is 2.21. The van der Waals surface area contributed by atoms with Gasteiger partial charge in [-0.2, -0.15) is 0 Å². The lowest BCUT2D eigenvalue weighted by Gasteiger charge is -2.01. The number of non-ortho nitro benzene ring substituents is 1. The molecule has 7 nitrogen and oxygen atoms in total. The van der Waals surface area contributed by atoms with Crippen molar-refractivity contribution in [3.8, 4) is 0 Å². The molecule has 0 bridgehead atoms. The number of nitro groups is 1. The summed E-state index contributed by atoms with van der Waals surface area (Å²) in [7, 11) is 0. The van der Waals surface area contributed by atoms with Gasteiger partial charge in [0.05, 0.1) is 17.1 Å². The van der Waals surface area contributed by atoms with Crippen LogP contribution in [0.4, 0.5) is 5.69 Å². The molecular formula is C15H16N2O5. The average Bonchev–Trinajstić information content (AvgIpc) is 2.89. The van der Waals surface area contributed by atoms with Gasteiger partial charge in [-0.1, -0.05) is 6.92 Å². The van der Waals surface area contributed by atoms with Crippen LogP contribution in [0.15, 0.2) is 24.4 Å². The first-order valence-corrected chi connectivity index (χ1v) is 6.98. The maximum atomic E-state index is 12.2. The van der Waals surface area contributed by atoms with Crippen molar-refractivity contribution >= 4 is 28.3 Å². The van der Waals surface area contributed by atoms with Crippen molar-refractivity contribution in [2.45, 2.75) is 26.8 Å². The van der Waals surface area contributed by atoms with Crippen LogP contribution >= 0.6 is 0 Å². The Kier molecular flexibility index (Phi) is 4.55. The molecule has 0 N–H and O–H groups in total. The first-order chi connectivity index (χ1) is 10.5. The number of benzene rings is 1. The van der Waals surface area contributed by atoms with Crippen molar-refractivity contribution in [2.75, 3.05) is 6.61 Å². The standard InChI is InChI=1S/C15H16N2O5/c1-3-7-22-15(19)14(18)12-9-16(4-2)13-6-5-10(17(20)21)8-11(12)13/h5-6,8-9H,3-4,7H2,1-2H3. The molecule has 1 aromatic heterocycles. The molecule has 0 aliphatic carbocycles. The Labute approximate surface area is 126 Å². The zero-order chi connectivity index (χ0) is 16.3. The molecular weight excluding hydrogens is 288 g/mol. The van der Waals surface area contributed by atoms with Gasteiger partial charge in [0.15, 0.2) is 0 Å². The van der Waals surface area contributed by atoms with Gasteiger partial charge in [-0.15, -0.1) is 0 Å². The van der Waals surface area contributed by atoms with E-state index in [1.54, 1.807) is 10.6 Å². The van der Waals surface area contributed by atoms with Gasteiger partial charge in [-0.3, -0.25) is 14.9 Å². The van der Waals surface area contributed by atoms with E-state index in [0.717, 1.165) is 0 Å². The topological polar surface area (TPSA) is 91.4 Å². The van der Waals surface area contributed by atoms with E-state index < -0.39 is 16.7 Å². The number of hydrogen-bond donors (Lipinski definition) is 0. The number of nitrogens with zero attached hydrogens (tertiary/aromatic N) is 2. The van der Waals surface area contributed by atoms with E-state index in [9.17, 15) is 19.7 Å². The van der Waals surface area contributed by atoms with Crippen molar-refractivity contribution in [1.82, 2.24) is 4.57 Å². The van der Waals surface area contributed by atoms with E-state index in [0.29, 0.717) is 23.9 Å². The minimum absolute atomic E-state index is 0.127. The van der Waals surface area contributed by atoms with E-state index in [1.807, 2.05) is 13.8 Å². The molecule has 1 aromatic carbocycles. The van der Waals surface area contributed by atoms with Gasteiger partial charge in [0.1, 0.15) is 0 Å². The minimum Gasteiger partial charge on any atom is -0.460 e. The quantitative estimate of drug-likeness (QED) is 0.269. The molecule has 2 aromatic rings. The summed E-state index contributed by atoms with van der Waals surface area (Å²) in [6.07, 6.45) is 2.14. The molecule has 0 spiro atoms. The fraction of sp³-hybridized carbons (Fsp3) is 0.333. The van der Waals surface area contributed by atoms with Crippen LogP contribution in [0.1, 0.15) is 30.6 Å². The summed E-state index contributed by atoms with van der Waals surface area (Å²) in [5.41, 5.74) is 0.665. The second kappa shape index (κ2) is 6.38. The Balaban J connectivity index is 2.52. The molecule has 0 amide bonds. The van der Waals surface area contributed by atoms with Crippen molar-refractivity contribution in [3.63, 3.8) is 0 Å². The third-order valence-corrected chi connectivity index (χ3v) is 3.28. The van der Waals surface area contributed by atoms with E-state index in [4.69, 9.17) is 4.74 Å². The number of nitro benzene ring substituents is 1. The number of carbonyl (C=O) groups excluding carboxylic acids is 2. The number of ketones is 1. The van der Waals surface area contributed by atoms with Crippen LogP contribution in [-0.2, 0) is 16.1 Å². The maximum absolute atomic E-state index is 12.2. The third-order valence-electron chi connectivity index (χ3n) is 3.28. The van der Waals surface area contributed by atoms with Gasteiger partial charge < -0.3 is 9.30 Å². The van der Waals surface area contributed by atoms with E-state index in [-0.39, 0.29) is 17.9 Å². The van der Waals surface area contributed by atoms with Crippen LogP contribution in [0.25, 0.3) is 10.9 Å². The van der Waals surface area contributed by atoms with Crippen LogP contribution in [-0.4, -0.2) is 27.8 Å². The van der Waals surface area contributed by atoms with Gasteiger partial charge in [0.2, 0.25) is 0 Å². The molecule has 7 heteroatoms. The summed E-state index contributed by atoms with van der Waals surface area (Å²) in [6, 6.07) is 4.26. The van der Waals surface area contributed by atoms with Crippen molar-refractivity contribution in [1.29, 1.82) is 0 Å². The van der Waals surface area contributed by atoms with Gasteiger partial charge >= 0.3 is 5.97 Å². The maximum Gasteiger partial charge on any atom is 0.379 e. The lowest BCUT2D eigenvalue weighted by atomic mass is 10.1. The van der Waals surface area contributed by atoms with E-state index in [2.05, 4.69) is 0 Å². The highest BCUT2D eigenvalue weighted by Gasteiger charge is 2.24. The van der Waals surface area contributed by atoms with Crippen LogP contribution in [0.2, 0.25) is 0 Å². The SMILES string of the molecule is CCCOC(=O)C(=O)c1cn(CC)c2ccc([N+](=O)[O-])cc12. The Morgan fingerprint density at radius 1 is 1.32 bits per heavy atom. The second-order valence-electron chi connectivity index (χ2n) is 4.75. The molecule has 0 saturated carbocycles. The summed E-state index contributed by atoms with van der Waals surface area (Å²) < 4.78 is 6.61. The number of Topliss-reactive ketones (excluding diaryl/α,β-unsaturated/α-hetero) is 1. The fourth-order valence-corrected chi connectivity index (χ4v) is 2.21. The molecule has 0 radical (unpaired) electrons. The zero-order valence-corrected chi connectivity index (χ0v) is 12.4. The molecule has 2 rings (SSSR count). The van der Waals surface area contributed by atoms with E-state index >= 15 is 0 Å². The van der Waals surface area contributed by atoms with Gasteiger partial charge in [0.25, 0.3) is 11.5 Å². The summed E-state index contributed by atoms with van der Waals surface area (Å²) in [5, 5.41) is 11.3. The number of aromatic nitrogens is 1. The normalized spacial score (nSPS) is 10.6. The summed E-state index contributed by atoms with van der Waals surface area (Å²) in [6.45, 7) is 4.44. The van der Waals surface area contributed by atoms with Crippen LogP contribution in [0.3, 0.4) is 0 Å². The second-order valence-corrected chi connectivity index (χ2v) is 4.75. The highest BCUT2D eigenvalue weighted by Crippen LogP contribution is 2.26. The molecule has 0 fully saturated rings. The first-order valence-electron chi connectivity index (χ1n) is 6.98. The predicted octanol–water partition coefficient (Wildman–Crippen LogP) is 2.71. The Morgan fingerprint density at radius 2 is 2.05 bits per heavy atom. The average molecular weight is 304 g/mol. The lowest BCUT2D eigenvalue weighted by Crippen LogP contribution is -2.17. The molecule has 0 aliphatic rings. The number of aryl methyl sites for hydroxylation is 1. The van der Waals surface area contributed by atoms with Crippen LogP contribution in [0.5, 0.6) is 0 Å². The molecule has 0 aliphatic heterocycles. The van der Waals surface area contributed by atoms with Crippen LogP contribution < -0.4 is 0 Å². The van der Waals surface area contributed by atoms with Crippen LogP contribution in [0, 0.1) is 10.1 Å². The smallest absolute Gasteiger partial charge is 0.379 e. The van der Waals surface area contributed by atoms with Gasteiger partial charge in [0, 0.05) is 35.8 Å². The number of esters is 1. The minimum atomic E-state index is -0.941. The molecule has 0 unspecified atom stereocenters. The number of fused-ring (bicyclic) bond motifs is 1. The number of hydrogen-bond acceptors (Lipinski definition) is 5. The highest BCUT2D eigenvalue weighted by atomic mass is 16.6. The number of carbonyl (C=O) groups is 2. The Morgan fingerprint density at radius 3 is 2.64 bits per heavy atom. The number of rotatable bonds is 6. The molecule has 0 saturated heterocycles. The molecule has 22 heavy (non-hydrogen) atoms. The zero-order valence-electron chi connectivity index (χ0n) is 12.4. The van der Waals surface area contributed by atoms with Crippen molar-refractivity contribution in [2.24, 2.45) is 0 Å². The molecule has 116 valence electrons. The summed E-state index contributed by atoms with van der Waals surface area (Å²) in [5.74, 6) is -1.73. The third kappa shape index (κ3) is 2.83. The van der Waals surface area contributed by atoms with Gasteiger partial charge in [-0.25, -0.2) is 4.79 Å². The highest BCUT2D eigenvalue weighted by molar-refractivity contribution is 6.43. The van der Waals surface area contributed by atoms with E-state index in [1.165, 1.54) is 18.3 Å². The lowest BCUT2D eigenvalue weighted by molar-refractivity contribution is -0.384. The molecule has 1 heterocycles. The summed E-state index contributed by atoms with van der Waals surface area (Å²) in [4.78, 5) is 34.3. The largest absolute Gasteiger partial charge is 0.460 e. The van der Waals surface area contributed by atoms with Crippen molar-refractivity contribution < 1.29 is 19.2 Å². The summed E-state index contributed by atoms with van der Waals surface area (Å²) >= 11 is 0. The molecule has 0 atom stereocenters. The van der Waals surface area contributed by atoms with Crippen molar-refractivity contribution in [3.05, 3.63) is 40.1 Å².